The second-order valence-electron chi connectivity index (χ2n) is 7.45. The maximum atomic E-state index is 13.4. The molecule has 6 heteroatoms. The van der Waals surface area contributed by atoms with Crippen molar-refractivity contribution < 1.29 is 13.2 Å². The summed E-state index contributed by atoms with van der Waals surface area (Å²) in [5, 5.41) is 3.03. The van der Waals surface area contributed by atoms with Crippen LogP contribution in [0.3, 0.4) is 0 Å². The van der Waals surface area contributed by atoms with Gasteiger partial charge in [-0.05, 0) is 56.0 Å². The zero-order valence-corrected chi connectivity index (χ0v) is 17.3. The fourth-order valence-corrected chi connectivity index (χ4v) is 5.18. The van der Waals surface area contributed by atoms with Crippen LogP contribution in [-0.4, -0.2) is 26.9 Å². The second-order valence-corrected chi connectivity index (χ2v) is 9.31. The van der Waals surface area contributed by atoms with E-state index in [0.717, 1.165) is 36.8 Å². The largest absolute Gasteiger partial charge is 0.352 e. The Hall–Kier alpha value is -2.34. The zero-order valence-electron chi connectivity index (χ0n) is 16.5. The van der Waals surface area contributed by atoms with Crippen molar-refractivity contribution in [2.75, 3.05) is 10.8 Å². The standard InChI is InChI=1S/C22H28N2O3S/c1-17-10-9-15-21(18(17)2)24(28(26,27)20-13-7-4-8-14-20)16-22(25)23-19-11-5-3-6-12-19/h4,7-10,13-15,19H,3,5-6,11-12,16H2,1-2H3,(H,23,25). The third-order valence-corrected chi connectivity index (χ3v) is 7.21. The van der Waals surface area contributed by atoms with E-state index in [2.05, 4.69) is 5.32 Å². The Bertz CT molecular complexity index is 920. The van der Waals surface area contributed by atoms with Crippen LogP contribution in [-0.2, 0) is 14.8 Å². The van der Waals surface area contributed by atoms with Crippen LogP contribution in [0.15, 0.2) is 53.4 Å². The van der Waals surface area contributed by atoms with Gasteiger partial charge in [0, 0.05) is 6.04 Å². The number of benzene rings is 2. The Morgan fingerprint density at radius 3 is 2.36 bits per heavy atom. The van der Waals surface area contributed by atoms with E-state index in [-0.39, 0.29) is 23.4 Å². The Balaban J connectivity index is 1.93. The van der Waals surface area contributed by atoms with Crippen LogP contribution in [0.25, 0.3) is 0 Å². The highest BCUT2D eigenvalue weighted by Gasteiger charge is 2.29. The van der Waals surface area contributed by atoms with Gasteiger partial charge in [-0.25, -0.2) is 8.42 Å². The smallest absolute Gasteiger partial charge is 0.264 e. The van der Waals surface area contributed by atoms with Gasteiger partial charge in [0.15, 0.2) is 0 Å². The van der Waals surface area contributed by atoms with Crippen LogP contribution < -0.4 is 9.62 Å². The SMILES string of the molecule is Cc1cccc(N(CC(=O)NC2CCCCC2)S(=O)(=O)c2ccccc2)c1C. The van der Waals surface area contributed by atoms with Crippen molar-refractivity contribution >= 4 is 21.6 Å². The molecule has 1 saturated carbocycles. The minimum atomic E-state index is -3.86. The summed E-state index contributed by atoms with van der Waals surface area (Å²) in [4.78, 5) is 12.9. The molecule has 28 heavy (non-hydrogen) atoms. The lowest BCUT2D eigenvalue weighted by molar-refractivity contribution is -0.120. The van der Waals surface area contributed by atoms with Crippen molar-refractivity contribution in [2.45, 2.75) is 56.9 Å². The maximum Gasteiger partial charge on any atom is 0.264 e. The summed E-state index contributed by atoms with van der Waals surface area (Å²) in [5.41, 5.74) is 2.38. The van der Waals surface area contributed by atoms with Gasteiger partial charge < -0.3 is 5.32 Å². The van der Waals surface area contributed by atoms with E-state index in [1.165, 1.54) is 10.7 Å². The Labute approximate surface area is 167 Å². The molecule has 0 unspecified atom stereocenters. The van der Waals surface area contributed by atoms with Crippen molar-refractivity contribution in [3.8, 4) is 0 Å². The number of nitrogens with zero attached hydrogens (tertiary/aromatic N) is 1. The van der Waals surface area contributed by atoms with Gasteiger partial charge in [0.25, 0.3) is 10.0 Å². The highest BCUT2D eigenvalue weighted by Crippen LogP contribution is 2.28. The molecule has 0 saturated heterocycles. The van der Waals surface area contributed by atoms with Crippen molar-refractivity contribution in [3.63, 3.8) is 0 Å². The molecule has 0 radical (unpaired) electrons. The fraction of sp³-hybridized carbons (Fsp3) is 0.409. The van der Waals surface area contributed by atoms with Gasteiger partial charge in [-0.15, -0.1) is 0 Å². The molecule has 1 N–H and O–H groups in total. The van der Waals surface area contributed by atoms with E-state index in [0.29, 0.717) is 5.69 Å². The lowest BCUT2D eigenvalue weighted by Gasteiger charge is -2.28. The van der Waals surface area contributed by atoms with Gasteiger partial charge in [-0.3, -0.25) is 9.10 Å². The van der Waals surface area contributed by atoms with Crippen LogP contribution in [0.2, 0.25) is 0 Å². The first-order valence-electron chi connectivity index (χ1n) is 9.83. The predicted octanol–water partition coefficient (Wildman–Crippen LogP) is 3.95. The van der Waals surface area contributed by atoms with Crippen molar-refractivity contribution in [3.05, 3.63) is 59.7 Å². The summed E-state index contributed by atoms with van der Waals surface area (Å²) in [6, 6.07) is 13.9. The highest BCUT2D eigenvalue weighted by molar-refractivity contribution is 7.92. The van der Waals surface area contributed by atoms with Gasteiger partial charge in [0.2, 0.25) is 5.91 Å². The van der Waals surface area contributed by atoms with Crippen molar-refractivity contribution in [1.82, 2.24) is 5.32 Å². The first kappa shape index (κ1) is 20.4. The summed E-state index contributed by atoms with van der Waals surface area (Å²) in [6.07, 6.45) is 5.33. The summed E-state index contributed by atoms with van der Waals surface area (Å²) >= 11 is 0. The van der Waals surface area contributed by atoms with E-state index in [1.807, 2.05) is 26.0 Å². The Morgan fingerprint density at radius 1 is 1.00 bits per heavy atom. The quantitative estimate of drug-likeness (QED) is 0.798. The molecule has 1 fully saturated rings. The fourth-order valence-electron chi connectivity index (χ4n) is 3.68. The molecular formula is C22H28N2O3S. The van der Waals surface area contributed by atoms with E-state index in [1.54, 1.807) is 36.4 Å². The molecule has 0 bridgehead atoms. The third kappa shape index (κ3) is 4.55. The minimum absolute atomic E-state index is 0.140. The molecule has 0 heterocycles. The van der Waals surface area contributed by atoms with Crippen LogP contribution in [0, 0.1) is 13.8 Å². The average Bonchev–Trinajstić information content (AvgIpc) is 2.70. The number of amides is 1. The molecule has 2 aromatic carbocycles. The average molecular weight is 401 g/mol. The first-order chi connectivity index (χ1) is 13.4. The first-order valence-corrected chi connectivity index (χ1v) is 11.3. The molecule has 0 spiro atoms. The minimum Gasteiger partial charge on any atom is -0.352 e. The Morgan fingerprint density at radius 2 is 1.68 bits per heavy atom. The van der Waals surface area contributed by atoms with Crippen molar-refractivity contribution in [1.29, 1.82) is 0 Å². The summed E-state index contributed by atoms with van der Waals surface area (Å²) in [7, 11) is -3.86. The molecule has 5 nitrogen and oxygen atoms in total. The summed E-state index contributed by atoms with van der Waals surface area (Å²) < 4.78 is 28.0. The lowest BCUT2D eigenvalue weighted by Crippen LogP contribution is -2.45. The van der Waals surface area contributed by atoms with Gasteiger partial charge in [-0.1, -0.05) is 49.6 Å². The molecular weight excluding hydrogens is 372 g/mol. The van der Waals surface area contributed by atoms with Gasteiger partial charge >= 0.3 is 0 Å². The highest BCUT2D eigenvalue weighted by atomic mass is 32.2. The van der Waals surface area contributed by atoms with Gasteiger partial charge in [0.05, 0.1) is 10.6 Å². The topological polar surface area (TPSA) is 66.5 Å². The molecule has 2 aromatic rings. The van der Waals surface area contributed by atoms with Crippen LogP contribution >= 0.6 is 0 Å². The molecule has 3 rings (SSSR count). The molecule has 0 aliphatic heterocycles. The number of anilines is 1. The predicted molar refractivity (Wildman–Crippen MR) is 112 cm³/mol. The monoisotopic (exact) mass is 400 g/mol. The van der Waals surface area contributed by atoms with Crippen LogP contribution in [0.4, 0.5) is 5.69 Å². The van der Waals surface area contributed by atoms with E-state index >= 15 is 0 Å². The molecule has 1 amide bonds. The number of rotatable bonds is 6. The maximum absolute atomic E-state index is 13.4. The van der Waals surface area contributed by atoms with E-state index < -0.39 is 10.0 Å². The number of nitrogens with one attached hydrogen (secondary N) is 1. The van der Waals surface area contributed by atoms with Crippen LogP contribution in [0.1, 0.15) is 43.2 Å². The second kappa shape index (κ2) is 8.78. The molecule has 150 valence electrons. The number of carbonyl (C=O) groups is 1. The van der Waals surface area contributed by atoms with E-state index in [9.17, 15) is 13.2 Å². The number of aryl methyl sites for hydroxylation is 1. The summed E-state index contributed by atoms with van der Waals surface area (Å²) in [6.45, 7) is 3.60. The normalized spacial score (nSPS) is 15.2. The summed E-state index contributed by atoms with van der Waals surface area (Å²) in [5.74, 6) is -0.257. The number of hydrogen-bond acceptors (Lipinski definition) is 3. The third-order valence-electron chi connectivity index (χ3n) is 5.43. The molecule has 1 aliphatic rings. The number of sulfonamides is 1. The van der Waals surface area contributed by atoms with Crippen molar-refractivity contribution in [2.24, 2.45) is 0 Å². The van der Waals surface area contributed by atoms with Gasteiger partial charge in [0.1, 0.15) is 6.54 Å². The molecule has 0 aromatic heterocycles. The number of hydrogen-bond donors (Lipinski definition) is 1. The van der Waals surface area contributed by atoms with Crippen LogP contribution in [0.5, 0.6) is 0 Å². The molecule has 0 atom stereocenters. The zero-order chi connectivity index (χ0) is 20.1. The Kier molecular flexibility index (Phi) is 6.39. The lowest BCUT2D eigenvalue weighted by atomic mass is 9.95. The van der Waals surface area contributed by atoms with E-state index in [4.69, 9.17) is 0 Å². The molecule has 1 aliphatic carbocycles. The number of carbonyl (C=O) groups excluding carboxylic acids is 1. The van der Waals surface area contributed by atoms with Gasteiger partial charge in [-0.2, -0.15) is 0 Å².